The van der Waals surface area contributed by atoms with Crippen LogP contribution in [0.15, 0.2) is 55.3 Å². The largest absolute Gasteiger partial charge is 0.506 e. The molecular weight excluding hydrogens is 278 g/mol. The average molecular weight is 297 g/mol. The SMILES string of the molecule is C=CCN(CC=C)C(=O)/C(C#N)=C\Nc1ccc(C)cc1O. The van der Waals surface area contributed by atoms with E-state index in [1.165, 1.54) is 11.1 Å². The zero-order valence-corrected chi connectivity index (χ0v) is 12.5. The minimum absolute atomic E-state index is 0.0510. The first-order valence-corrected chi connectivity index (χ1v) is 6.71. The van der Waals surface area contributed by atoms with Crippen LogP contribution in [0.4, 0.5) is 5.69 Å². The number of rotatable bonds is 7. The van der Waals surface area contributed by atoms with Crippen molar-refractivity contribution < 1.29 is 9.90 Å². The standard InChI is InChI=1S/C17H19N3O2/c1-4-8-20(9-5-2)17(22)14(11-18)12-19-15-7-6-13(3)10-16(15)21/h4-7,10,12,19,21H,1-2,8-9H2,3H3/b14-12-. The van der Waals surface area contributed by atoms with Gasteiger partial charge in [0.05, 0.1) is 5.69 Å². The Labute approximate surface area is 130 Å². The lowest BCUT2D eigenvalue weighted by Gasteiger charge is -2.18. The molecule has 22 heavy (non-hydrogen) atoms. The number of nitrogens with one attached hydrogen (secondary N) is 1. The number of aromatic hydroxyl groups is 1. The van der Waals surface area contributed by atoms with Crippen LogP contribution in [0.5, 0.6) is 5.75 Å². The second-order valence-electron chi connectivity index (χ2n) is 4.62. The zero-order valence-electron chi connectivity index (χ0n) is 12.5. The van der Waals surface area contributed by atoms with Crippen LogP contribution >= 0.6 is 0 Å². The van der Waals surface area contributed by atoms with Gasteiger partial charge in [-0.1, -0.05) is 18.2 Å². The molecule has 0 bridgehead atoms. The van der Waals surface area contributed by atoms with Gasteiger partial charge in [-0.05, 0) is 24.6 Å². The number of benzene rings is 1. The van der Waals surface area contributed by atoms with Gasteiger partial charge < -0.3 is 15.3 Å². The highest BCUT2D eigenvalue weighted by atomic mass is 16.3. The van der Waals surface area contributed by atoms with E-state index in [-0.39, 0.29) is 11.3 Å². The molecule has 0 aliphatic carbocycles. The molecule has 5 heteroatoms. The van der Waals surface area contributed by atoms with Gasteiger partial charge in [0.15, 0.2) is 0 Å². The van der Waals surface area contributed by atoms with E-state index in [2.05, 4.69) is 18.5 Å². The summed E-state index contributed by atoms with van der Waals surface area (Å²) in [7, 11) is 0. The van der Waals surface area contributed by atoms with Crippen molar-refractivity contribution in [2.75, 3.05) is 18.4 Å². The minimum atomic E-state index is -0.429. The average Bonchev–Trinajstić information content (AvgIpc) is 2.49. The second kappa shape index (κ2) is 8.32. The molecule has 0 fully saturated rings. The molecule has 0 aromatic heterocycles. The number of hydrogen-bond donors (Lipinski definition) is 2. The van der Waals surface area contributed by atoms with Crippen LogP contribution < -0.4 is 5.32 Å². The van der Waals surface area contributed by atoms with Crippen molar-refractivity contribution in [3.8, 4) is 11.8 Å². The number of nitrogens with zero attached hydrogens (tertiary/aromatic N) is 2. The lowest BCUT2D eigenvalue weighted by Crippen LogP contribution is -2.32. The van der Waals surface area contributed by atoms with Crippen LogP contribution in [0, 0.1) is 18.3 Å². The Bertz CT molecular complexity index is 632. The molecule has 0 saturated carbocycles. The first-order valence-electron chi connectivity index (χ1n) is 6.71. The van der Waals surface area contributed by atoms with Gasteiger partial charge in [-0.15, -0.1) is 13.2 Å². The van der Waals surface area contributed by atoms with E-state index in [9.17, 15) is 9.90 Å². The van der Waals surface area contributed by atoms with Gasteiger partial charge in [0.25, 0.3) is 5.91 Å². The van der Waals surface area contributed by atoms with Gasteiger partial charge >= 0.3 is 0 Å². The summed E-state index contributed by atoms with van der Waals surface area (Å²) < 4.78 is 0. The molecule has 0 aliphatic heterocycles. The molecule has 0 radical (unpaired) electrons. The maximum atomic E-state index is 12.3. The van der Waals surface area contributed by atoms with Crippen molar-refractivity contribution in [1.82, 2.24) is 4.90 Å². The van der Waals surface area contributed by atoms with E-state index >= 15 is 0 Å². The monoisotopic (exact) mass is 297 g/mol. The van der Waals surface area contributed by atoms with Gasteiger partial charge in [0.2, 0.25) is 0 Å². The number of amides is 1. The van der Waals surface area contributed by atoms with Crippen LogP contribution in [0.2, 0.25) is 0 Å². The Kier molecular flexibility index (Phi) is 6.45. The lowest BCUT2D eigenvalue weighted by atomic mass is 10.2. The van der Waals surface area contributed by atoms with Crippen molar-refractivity contribution in [3.63, 3.8) is 0 Å². The molecular formula is C17H19N3O2. The van der Waals surface area contributed by atoms with E-state index in [1.807, 2.05) is 19.1 Å². The van der Waals surface area contributed by atoms with Crippen molar-refractivity contribution in [3.05, 3.63) is 60.8 Å². The first-order chi connectivity index (χ1) is 10.5. The van der Waals surface area contributed by atoms with Gasteiger partial charge in [-0.3, -0.25) is 4.79 Å². The molecule has 114 valence electrons. The summed E-state index contributed by atoms with van der Waals surface area (Å²) >= 11 is 0. The van der Waals surface area contributed by atoms with Gasteiger partial charge in [-0.25, -0.2) is 0 Å². The summed E-state index contributed by atoms with van der Waals surface area (Å²) in [6, 6.07) is 6.93. The molecule has 1 aromatic carbocycles. The van der Waals surface area contributed by atoms with E-state index in [0.29, 0.717) is 18.8 Å². The zero-order chi connectivity index (χ0) is 16.5. The quantitative estimate of drug-likeness (QED) is 0.351. The van der Waals surface area contributed by atoms with Crippen molar-refractivity contribution in [2.24, 2.45) is 0 Å². The summed E-state index contributed by atoms with van der Waals surface area (Å²) in [5, 5.41) is 21.7. The number of phenols is 1. The summed E-state index contributed by atoms with van der Waals surface area (Å²) in [6.07, 6.45) is 4.44. The molecule has 0 saturated heterocycles. The number of nitriles is 1. The van der Waals surface area contributed by atoms with E-state index in [1.54, 1.807) is 24.3 Å². The fraction of sp³-hybridized carbons (Fsp3) is 0.176. The van der Waals surface area contributed by atoms with E-state index < -0.39 is 5.91 Å². The molecule has 1 rings (SSSR count). The van der Waals surface area contributed by atoms with Crippen LogP contribution in [0.3, 0.4) is 0 Å². The number of hydrogen-bond acceptors (Lipinski definition) is 4. The van der Waals surface area contributed by atoms with E-state index in [0.717, 1.165) is 5.56 Å². The topological polar surface area (TPSA) is 76.4 Å². The highest BCUT2D eigenvalue weighted by Gasteiger charge is 2.16. The van der Waals surface area contributed by atoms with Gasteiger partial charge in [0, 0.05) is 19.3 Å². The molecule has 0 aliphatic rings. The normalized spacial score (nSPS) is 10.5. The molecule has 0 atom stereocenters. The number of carbonyl (C=O) groups excluding carboxylic acids is 1. The lowest BCUT2D eigenvalue weighted by molar-refractivity contribution is -0.125. The fourth-order valence-corrected chi connectivity index (χ4v) is 1.78. The predicted molar refractivity (Wildman–Crippen MR) is 87.1 cm³/mol. The highest BCUT2D eigenvalue weighted by molar-refractivity contribution is 5.97. The van der Waals surface area contributed by atoms with Crippen LogP contribution in [-0.4, -0.2) is 29.0 Å². The molecule has 0 spiro atoms. The van der Waals surface area contributed by atoms with E-state index in [4.69, 9.17) is 5.26 Å². The summed E-state index contributed by atoms with van der Waals surface area (Å²) in [6.45, 7) is 9.66. The van der Waals surface area contributed by atoms with Crippen molar-refractivity contribution in [2.45, 2.75) is 6.92 Å². The molecule has 1 aromatic rings. The first kappa shape index (κ1) is 17.1. The summed E-state index contributed by atoms with van der Waals surface area (Å²) in [4.78, 5) is 13.7. The Balaban J connectivity index is 2.94. The molecule has 5 nitrogen and oxygen atoms in total. The number of anilines is 1. The number of aryl methyl sites for hydroxylation is 1. The second-order valence-corrected chi connectivity index (χ2v) is 4.62. The summed E-state index contributed by atoms with van der Waals surface area (Å²) in [5.41, 5.74) is 1.26. The molecule has 0 unspecified atom stereocenters. The van der Waals surface area contributed by atoms with Crippen LogP contribution in [-0.2, 0) is 4.79 Å². The van der Waals surface area contributed by atoms with Gasteiger partial charge in [-0.2, -0.15) is 5.26 Å². The minimum Gasteiger partial charge on any atom is -0.506 e. The Morgan fingerprint density at radius 3 is 2.55 bits per heavy atom. The number of phenolic OH excluding ortho intramolecular Hbond substituents is 1. The smallest absolute Gasteiger partial charge is 0.266 e. The Morgan fingerprint density at radius 2 is 2.05 bits per heavy atom. The Hall–Kier alpha value is -3.00. The molecule has 2 N–H and O–H groups in total. The molecule has 1 amide bonds. The fourth-order valence-electron chi connectivity index (χ4n) is 1.78. The predicted octanol–water partition coefficient (Wildman–Crippen LogP) is 2.72. The van der Waals surface area contributed by atoms with Crippen molar-refractivity contribution in [1.29, 1.82) is 5.26 Å². The maximum absolute atomic E-state index is 12.3. The van der Waals surface area contributed by atoms with Gasteiger partial charge in [0.1, 0.15) is 17.4 Å². The number of carbonyl (C=O) groups is 1. The Morgan fingerprint density at radius 1 is 1.41 bits per heavy atom. The highest BCUT2D eigenvalue weighted by Crippen LogP contribution is 2.24. The van der Waals surface area contributed by atoms with Crippen LogP contribution in [0.1, 0.15) is 5.56 Å². The molecule has 0 heterocycles. The van der Waals surface area contributed by atoms with Crippen molar-refractivity contribution >= 4 is 11.6 Å². The maximum Gasteiger partial charge on any atom is 0.266 e. The van der Waals surface area contributed by atoms with Crippen LogP contribution in [0.25, 0.3) is 0 Å². The summed E-state index contributed by atoms with van der Waals surface area (Å²) in [5.74, 6) is -0.378. The third kappa shape index (κ3) is 4.53. The third-order valence-corrected chi connectivity index (χ3v) is 2.86. The third-order valence-electron chi connectivity index (χ3n) is 2.86.